The van der Waals surface area contributed by atoms with Crippen LogP contribution in [0.5, 0.6) is 0 Å². The summed E-state index contributed by atoms with van der Waals surface area (Å²) < 4.78 is 0. The highest BCUT2D eigenvalue weighted by molar-refractivity contribution is 6.48. The maximum absolute atomic E-state index is 6.57. The van der Waals surface area contributed by atoms with Gasteiger partial charge in [0, 0.05) is 16.0 Å². The second-order valence-electron chi connectivity index (χ2n) is 5.73. The summed E-state index contributed by atoms with van der Waals surface area (Å²) in [6.07, 6.45) is 6.36. The van der Waals surface area contributed by atoms with Crippen molar-refractivity contribution in [1.82, 2.24) is 0 Å². The highest BCUT2D eigenvalue weighted by atomic mass is 35.5. The van der Waals surface area contributed by atoms with E-state index in [0.717, 1.165) is 5.56 Å². The van der Waals surface area contributed by atoms with Gasteiger partial charge >= 0.3 is 0 Å². The van der Waals surface area contributed by atoms with Crippen LogP contribution in [0, 0.1) is 0 Å². The molecule has 0 saturated carbocycles. The Morgan fingerprint density at radius 2 is 1.36 bits per heavy atom. The molecule has 0 spiro atoms. The highest BCUT2D eigenvalue weighted by Crippen LogP contribution is 2.28. The maximum Gasteiger partial charge on any atom is 0.0447 e. The maximum atomic E-state index is 6.57. The molecule has 0 nitrogen and oxygen atoms in total. The van der Waals surface area contributed by atoms with Crippen molar-refractivity contribution in [1.29, 1.82) is 0 Å². The third-order valence-electron chi connectivity index (χ3n) is 3.93. The molecule has 3 rings (SSSR count). The molecule has 1 unspecified atom stereocenters. The molecule has 0 bridgehead atoms. The molecule has 0 aliphatic rings. The zero-order valence-electron chi connectivity index (χ0n) is 13.6. The van der Waals surface area contributed by atoms with Gasteiger partial charge in [0.05, 0.1) is 0 Å². The molecule has 0 saturated heterocycles. The van der Waals surface area contributed by atoms with Crippen molar-refractivity contribution >= 4 is 34.3 Å². The zero-order chi connectivity index (χ0) is 17.5. The smallest absolute Gasteiger partial charge is 0.0447 e. The average molecular weight is 365 g/mol. The predicted octanol–water partition coefficient (Wildman–Crippen LogP) is 7.42. The predicted molar refractivity (Wildman–Crippen MR) is 110 cm³/mol. The summed E-state index contributed by atoms with van der Waals surface area (Å²) in [6.45, 7) is 0. The fourth-order valence-corrected chi connectivity index (χ4v) is 2.97. The first-order chi connectivity index (χ1) is 12.2. The number of rotatable bonds is 5. The van der Waals surface area contributed by atoms with Crippen LogP contribution in [0.15, 0.2) is 97.1 Å². The summed E-state index contributed by atoms with van der Waals surface area (Å²) in [5.41, 5.74) is 3.32. The molecule has 0 fully saturated rings. The van der Waals surface area contributed by atoms with Gasteiger partial charge in [-0.15, -0.1) is 0 Å². The molecule has 0 heterocycles. The van der Waals surface area contributed by atoms with Gasteiger partial charge in [-0.25, -0.2) is 0 Å². The molecule has 0 N–H and O–H groups in total. The molecular weight excluding hydrogens is 347 g/mol. The summed E-state index contributed by atoms with van der Waals surface area (Å²) in [4.78, 5) is 0. The molecule has 124 valence electrons. The Labute approximate surface area is 159 Å². The molecule has 2 heteroatoms. The summed E-state index contributed by atoms with van der Waals surface area (Å²) in [5.74, 6) is 0.0876. The molecule has 0 radical (unpaired) electrons. The molecule has 0 aromatic heterocycles. The van der Waals surface area contributed by atoms with E-state index in [0.29, 0.717) is 10.1 Å². The SMILES string of the molecule is Cl/C(=C\C(/C=C/c1ccccc1)c1ccccc1)c1ccc(Cl)cc1. The Morgan fingerprint density at radius 3 is 2.00 bits per heavy atom. The topological polar surface area (TPSA) is 0 Å². The van der Waals surface area contributed by atoms with Gasteiger partial charge in [-0.1, -0.05) is 114 Å². The van der Waals surface area contributed by atoms with Crippen LogP contribution < -0.4 is 0 Å². The van der Waals surface area contributed by atoms with Crippen LogP contribution in [-0.2, 0) is 0 Å². The van der Waals surface area contributed by atoms with Gasteiger partial charge in [-0.2, -0.15) is 0 Å². The number of hydrogen-bond acceptors (Lipinski definition) is 0. The number of hydrogen-bond donors (Lipinski definition) is 0. The van der Waals surface area contributed by atoms with Crippen LogP contribution in [0.4, 0.5) is 0 Å². The molecule has 25 heavy (non-hydrogen) atoms. The van der Waals surface area contributed by atoms with Crippen molar-refractivity contribution in [3.05, 3.63) is 119 Å². The molecule has 0 amide bonds. The molecule has 3 aromatic carbocycles. The second-order valence-corrected chi connectivity index (χ2v) is 6.57. The summed E-state index contributed by atoms with van der Waals surface area (Å²) in [5, 5.41) is 1.42. The van der Waals surface area contributed by atoms with E-state index in [1.165, 1.54) is 11.1 Å². The Kier molecular flexibility index (Phi) is 6.11. The van der Waals surface area contributed by atoms with Crippen molar-refractivity contribution in [2.45, 2.75) is 5.92 Å². The lowest BCUT2D eigenvalue weighted by Gasteiger charge is -2.10. The van der Waals surface area contributed by atoms with E-state index >= 15 is 0 Å². The summed E-state index contributed by atoms with van der Waals surface area (Å²) >= 11 is 12.5. The minimum Gasteiger partial charge on any atom is -0.0843 e. The van der Waals surface area contributed by atoms with E-state index < -0.39 is 0 Å². The van der Waals surface area contributed by atoms with E-state index in [1.54, 1.807) is 0 Å². The molecule has 3 aromatic rings. The van der Waals surface area contributed by atoms with Gasteiger partial charge in [-0.05, 0) is 28.8 Å². The van der Waals surface area contributed by atoms with Gasteiger partial charge in [0.15, 0.2) is 0 Å². The lowest BCUT2D eigenvalue weighted by atomic mass is 9.96. The van der Waals surface area contributed by atoms with Crippen molar-refractivity contribution in [2.75, 3.05) is 0 Å². The van der Waals surface area contributed by atoms with Crippen LogP contribution in [0.3, 0.4) is 0 Å². The van der Waals surface area contributed by atoms with E-state index in [2.05, 4.69) is 42.5 Å². The zero-order valence-corrected chi connectivity index (χ0v) is 15.2. The normalized spacial score (nSPS) is 13.1. The number of halogens is 2. The van der Waals surface area contributed by atoms with Crippen molar-refractivity contribution in [3.63, 3.8) is 0 Å². The second kappa shape index (κ2) is 8.71. The van der Waals surface area contributed by atoms with Crippen molar-refractivity contribution < 1.29 is 0 Å². The van der Waals surface area contributed by atoms with Crippen LogP contribution >= 0.6 is 23.2 Å². The van der Waals surface area contributed by atoms with E-state index in [1.807, 2.05) is 60.7 Å². The van der Waals surface area contributed by atoms with Gasteiger partial charge in [0.2, 0.25) is 0 Å². The minimum atomic E-state index is 0.0876. The quantitative estimate of drug-likeness (QED) is 0.441. The first kappa shape index (κ1) is 17.5. The number of benzene rings is 3. The van der Waals surface area contributed by atoms with Gasteiger partial charge in [-0.3, -0.25) is 0 Å². The largest absolute Gasteiger partial charge is 0.0843 e. The van der Waals surface area contributed by atoms with Crippen molar-refractivity contribution in [3.8, 4) is 0 Å². The highest BCUT2D eigenvalue weighted by Gasteiger charge is 2.07. The standard InChI is InChI=1S/C23H18Cl2/c24-22-15-13-20(14-16-22)23(25)17-21(19-9-5-2-6-10-19)12-11-18-7-3-1-4-8-18/h1-17,21H/b12-11+,23-17-. The van der Waals surface area contributed by atoms with Crippen molar-refractivity contribution in [2.24, 2.45) is 0 Å². The summed E-state index contributed by atoms with van der Waals surface area (Å²) in [7, 11) is 0. The molecular formula is C23H18Cl2. The summed E-state index contributed by atoms with van der Waals surface area (Å²) in [6, 6.07) is 28.2. The van der Waals surface area contributed by atoms with Crippen LogP contribution in [0.25, 0.3) is 11.1 Å². The van der Waals surface area contributed by atoms with E-state index in [-0.39, 0.29) is 5.92 Å². The Morgan fingerprint density at radius 1 is 0.760 bits per heavy atom. The first-order valence-electron chi connectivity index (χ1n) is 8.14. The fraction of sp³-hybridized carbons (Fsp3) is 0.0435. The molecule has 1 atom stereocenters. The minimum absolute atomic E-state index is 0.0876. The third-order valence-corrected chi connectivity index (χ3v) is 4.52. The molecule has 0 aliphatic carbocycles. The van der Waals surface area contributed by atoms with Crippen LogP contribution in [-0.4, -0.2) is 0 Å². The van der Waals surface area contributed by atoms with Gasteiger partial charge < -0.3 is 0 Å². The number of allylic oxidation sites excluding steroid dienone is 2. The van der Waals surface area contributed by atoms with Gasteiger partial charge in [0.1, 0.15) is 0 Å². The Hall–Kier alpha value is -2.28. The average Bonchev–Trinajstić information content (AvgIpc) is 2.67. The molecule has 0 aliphatic heterocycles. The Balaban J connectivity index is 1.92. The van der Waals surface area contributed by atoms with Crippen LogP contribution in [0.2, 0.25) is 5.02 Å². The first-order valence-corrected chi connectivity index (χ1v) is 8.89. The monoisotopic (exact) mass is 364 g/mol. The van der Waals surface area contributed by atoms with E-state index in [9.17, 15) is 0 Å². The lowest BCUT2D eigenvalue weighted by Crippen LogP contribution is -1.92. The lowest BCUT2D eigenvalue weighted by molar-refractivity contribution is 1.09. The van der Waals surface area contributed by atoms with Gasteiger partial charge in [0.25, 0.3) is 0 Å². The van der Waals surface area contributed by atoms with Crippen LogP contribution in [0.1, 0.15) is 22.6 Å². The fourth-order valence-electron chi connectivity index (χ4n) is 2.58. The van der Waals surface area contributed by atoms with E-state index in [4.69, 9.17) is 23.2 Å². The third kappa shape index (κ3) is 5.09. The Bertz CT molecular complexity index is 848.